The summed E-state index contributed by atoms with van der Waals surface area (Å²) < 4.78 is 35.4. The second kappa shape index (κ2) is 11.0. The number of hydrogen-bond donors (Lipinski definition) is 0. The minimum Gasteiger partial charge on any atom is -0.468 e. The van der Waals surface area contributed by atoms with Crippen LogP contribution in [0, 0.1) is 5.82 Å². The Morgan fingerprint density at radius 2 is 2.00 bits per heavy atom. The number of amides is 1. The molecule has 1 saturated heterocycles. The highest BCUT2D eigenvalue weighted by atomic mass is 32.2. The Labute approximate surface area is 195 Å². The molecule has 180 valence electrons. The number of nitrogens with zero attached hydrogens (tertiary/aromatic N) is 3. The van der Waals surface area contributed by atoms with Gasteiger partial charge in [0.2, 0.25) is 5.82 Å². The number of likely N-dealkylation sites (tertiary alicyclic amines) is 1. The highest BCUT2D eigenvalue weighted by molar-refractivity contribution is 8.00. The third kappa shape index (κ3) is 7.43. The summed E-state index contributed by atoms with van der Waals surface area (Å²) in [6.45, 7) is 6.74. The molecule has 33 heavy (non-hydrogen) atoms. The average Bonchev–Trinajstić information content (AvgIpc) is 3.25. The molecule has 1 aromatic carbocycles. The Bertz CT molecular complexity index is 969. The molecule has 0 unspecified atom stereocenters. The smallest absolute Gasteiger partial charge is 0.410 e. The van der Waals surface area contributed by atoms with Crippen LogP contribution in [0.5, 0.6) is 0 Å². The van der Waals surface area contributed by atoms with Crippen molar-refractivity contribution in [3.8, 4) is 11.4 Å². The fourth-order valence-corrected chi connectivity index (χ4v) is 3.86. The van der Waals surface area contributed by atoms with Gasteiger partial charge < -0.3 is 23.6 Å². The normalized spacial score (nSPS) is 14.9. The summed E-state index contributed by atoms with van der Waals surface area (Å²) in [5.41, 5.74) is -0.0683. The summed E-state index contributed by atoms with van der Waals surface area (Å²) in [5, 5.41) is 3.89. The van der Waals surface area contributed by atoms with Crippen LogP contribution in [0.25, 0.3) is 11.4 Å². The lowest BCUT2D eigenvalue weighted by molar-refractivity contribution is -0.137. The maximum Gasteiger partial charge on any atom is 0.410 e. The predicted molar refractivity (Wildman–Crippen MR) is 118 cm³/mol. The predicted octanol–water partition coefficient (Wildman–Crippen LogP) is 4.06. The van der Waals surface area contributed by atoms with Crippen molar-refractivity contribution in [3.05, 3.63) is 29.9 Å². The van der Waals surface area contributed by atoms with E-state index in [-0.39, 0.29) is 36.3 Å². The zero-order chi connectivity index (χ0) is 24.0. The number of benzene rings is 1. The fourth-order valence-electron chi connectivity index (χ4n) is 3.10. The number of halogens is 1. The number of methoxy groups -OCH3 is 1. The van der Waals surface area contributed by atoms with Crippen LogP contribution in [0.1, 0.15) is 39.5 Å². The lowest BCUT2D eigenvalue weighted by atomic mass is 10.1. The Morgan fingerprint density at radius 1 is 1.27 bits per heavy atom. The van der Waals surface area contributed by atoms with Crippen molar-refractivity contribution in [3.63, 3.8) is 0 Å². The number of carbonyl (C=O) groups excluding carboxylic acids is 2. The molecule has 3 rings (SSSR count). The molecule has 1 amide bonds. The van der Waals surface area contributed by atoms with Gasteiger partial charge in [-0.05, 0) is 51.8 Å². The van der Waals surface area contributed by atoms with Crippen molar-refractivity contribution in [2.45, 2.75) is 56.8 Å². The number of piperidine rings is 1. The first-order valence-electron chi connectivity index (χ1n) is 10.6. The van der Waals surface area contributed by atoms with Gasteiger partial charge in [-0.15, -0.1) is 11.8 Å². The molecule has 0 saturated carbocycles. The van der Waals surface area contributed by atoms with Crippen molar-refractivity contribution in [2.75, 3.05) is 26.0 Å². The third-order valence-electron chi connectivity index (χ3n) is 4.77. The van der Waals surface area contributed by atoms with Crippen LogP contribution in [0.3, 0.4) is 0 Å². The highest BCUT2D eigenvalue weighted by Gasteiger charge is 2.27. The SMILES string of the molecule is COC(=O)CSc1ccc(-c2noc(COC3CCN(C(=O)OC(C)(C)C)CC3)n2)cc1F. The van der Waals surface area contributed by atoms with Crippen molar-refractivity contribution < 1.29 is 32.7 Å². The molecule has 1 fully saturated rings. The molecular weight excluding hydrogens is 453 g/mol. The molecule has 1 aliphatic heterocycles. The maximum absolute atomic E-state index is 14.3. The first kappa shape index (κ1) is 25.0. The van der Waals surface area contributed by atoms with Gasteiger partial charge in [-0.1, -0.05) is 5.16 Å². The van der Waals surface area contributed by atoms with Gasteiger partial charge in [0.05, 0.1) is 19.0 Å². The summed E-state index contributed by atoms with van der Waals surface area (Å²) in [4.78, 5) is 29.6. The summed E-state index contributed by atoms with van der Waals surface area (Å²) in [7, 11) is 1.28. The van der Waals surface area contributed by atoms with Crippen molar-refractivity contribution in [1.82, 2.24) is 15.0 Å². The average molecular weight is 482 g/mol. The summed E-state index contributed by atoms with van der Waals surface area (Å²) in [5.74, 6) is -0.365. The molecule has 9 nitrogen and oxygen atoms in total. The van der Waals surface area contributed by atoms with E-state index >= 15 is 0 Å². The molecule has 0 aliphatic carbocycles. The molecule has 2 heterocycles. The van der Waals surface area contributed by atoms with Crippen LogP contribution < -0.4 is 0 Å². The summed E-state index contributed by atoms with van der Waals surface area (Å²) in [6, 6.07) is 4.51. The zero-order valence-corrected chi connectivity index (χ0v) is 19.9. The Kier molecular flexibility index (Phi) is 8.30. The number of thioether (sulfide) groups is 1. The van der Waals surface area contributed by atoms with E-state index in [1.165, 1.54) is 13.2 Å². The molecular formula is C22H28FN3O6S. The number of esters is 1. The lowest BCUT2D eigenvalue weighted by Crippen LogP contribution is -2.43. The van der Waals surface area contributed by atoms with Crippen molar-refractivity contribution >= 4 is 23.8 Å². The number of rotatable bonds is 7. The minimum absolute atomic E-state index is 0.0210. The molecule has 1 aliphatic rings. The van der Waals surface area contributed by atoms with Gasteiger partial charge in [-0.25, -0.2) is 9.18 Å². The van der Waals surface area contributed by atoms with Crippen LogP contribution in [0.4, 0.5) is 9.18 Å². The second-order valence-electron chi connectivity index (χ2n) is 8.50. The minimum atomic E-state index is -0.523. The van der Waals surface area contributed by atoms with Gasteiger partial charge in [-0.2, -0.15) is 4.98 Å². The molecule has 0 N–H and O–H groups in total. The van der Waals surface area contributed by atoms with E-state index < -0.39 is 17.4 Å². The monoisotopic (exact) mass is 481 g/mol. The Morgan fingerprint density at radius 3 is 2.64 bits per heavy atom. The molecule has 0 spiro atoms. The van der Waals surface area contributed by atoms with E-state index in [1.54, 1.807) is 17.0 Å². The molecule has 0 atom stereocenters. The molecule has 11 heteroatoms. The first-order valence-corrected chi connectivity index (χ1v) is 11.5. The summed E-state index contributed by atoms with van der Waals surface area (Å²) >= 11 is 1.05. The molecule has 0 radical (unpaired) electrons. The fraction of sp³-hybridized carbons (Fsp3) is 0.545. The molecule has 1 aromatic heterocycles. The van der Waals surface area contributed by atoms with Gasteiger partial charge in [0.15, 0.2) is 0 Å². The topological polar surface area (TPSA) is 104 Å². The van der Waals surface area contributed by atoms with Gasteiger partial charge in [0.1, 0.15) is 18.0 Å². The zero-order valence-electron chi connectivity index (χ0n) is 19.1. The lowest BCUT2D eigenvalue weighted by Gasteiger charge is -2.33. The van der Waals surface area contributed by atoms with Gasteiger partial charge >= 0.3 is 12.1 Å². The Hall–Kier alpha value is -2.66. The van der Waals surface area contributed by atoms with Crippen LogP contribution in [-0.4, -0.2) is 64.8 Å². The first-order chi connectivity index (χ1) is 15.6. The standard InChI is InChI=1S/C22H28FN3O6S/c1-22(2,3)31-21(28)26-9-7-15(8-10-26)30-12-18-24-20(25-32-18)14-5-6-17(16(23)11-14)33-13-19(27)29-4/h5-6,11,15H,7-10,12-13H2,1-4H3. The second-order valence-corrected chi connectivity index (χ2v) is 9.52. The number of aromatic nitrogens is 2. The van der Waals surface area contributed by atoms with Crippen molar-refractivity contribution in [1.29, 1.82) is 0 Å². The Balaban J connectivity index is 1.48. The summed E-state index contributed by atoms with van der Waals surface area (Å²) in [6.07, 6.45) is 0.999. The van der Waals surface area contributed by atoms with E-state index in [0.29, 0.717) is 36.4 Å². The van der Waals surface area contributed by atoms with E-state index in [0.717, 1.165) is 11.8 Å². The quantitative estimate of drug-likeness (QED) is 0.428. The van der Waals surface area contributed by atoms with Gasteiger partial charge in [-0.3, -0.25) is 4.79 Å². The van der Waals surface area contributed by atoms with E-state index in [9.17, 15) is 14.0 Å². The largest absolute Gasteiger partial charge is 0.468 e. The number of ether oxygens (including phenoxy) is 3. The molecule has 2 aromatic rings. The van der Waals surface area contributed by atoms with Crippen LogP contribution >= 0.6 is 11.8 Å². The van der Waals surface area contributed by atoms with Gasteiger partial charge in [0.25, 0.3) is 5.89 Å². The van der Waals surface area contributed by atoms with Crippen molar-refractivity contribution in [2.24, 2.45) is 0 Å². The number of hydrogen-bond acceptors (Lipinski definition) is 9. The van der Waals surface area contributed by atoms with E-state index in [4.69, 9.17) is 14.0 Å². The van der Waals surface area contributed by atoms with Gasteiger partial charge in [0, 0.05) is 23.5 Å². The van der Waals surface area contributed by atoms with Crippen LogP contribution in [0.15, 0.2) is 27.6 Å². The number of carbonyl (C=O) groups is 2. The van der Waals surface area contributed by atoms with Crippen LogP contribution in [0.2, 0.25) is 0 Å². The highest BCUT2D eigenvalue weighted by Crippen LogP contribution is 2.26. The van der Waals surface area contributed by atoms with E-state index in [1.807, 2.05) is 20.8 Å². The third-order valence-corrected chi connectivity index (χ3v) is 5.79. The van der Waals surface area contributed by atoms with E-state index in [2.05, 4.69) is 14.9 Å². The molecule has 0 bridgehead atoms. The van der Waals surface area contributed by atoms with Crippen LogP contribution in [-0.2, 0) is 25.6 Å². The maximum atomic E-state index is 14.3.